The van der Waals surface area contributed by atoms with Crippen molar-refractivity contribution in [2.45, 2.75) is 71.5 Å². The molecule has 0 saturated carbocycles. The first kappa shape index (κ1) is 23.5. The third-order valence-corrected chi connectivity index (χ3v) is 7.50. The molecule has 0 N–H and O–H groups in total. The summed E-state index contributed by atoms with van der Waals surface area (Å²) < 4.78 is 6.31. The fraction of sp³-hybridized carbons (Fsp3) is 0.731. The maximum absolute atomic E-state index is 12.3. The lowest BCUT2D eigenvalue weighted by Gasteiger charge is -2.37. The van der Waals surface area contributed by atoms with Crippen molar-refractivity contribution < 1.29 is 9.53 Å². The molecule has 1 aromatic carbocycles. The van der Waals surface area contributed by atoms with Crippen LogP contribution in [0.25, 0.3) is 0 Å². The van der Waals surface area contributed by atoms with Gasteiger partial charge in [0.25, 0.3) is 0 Å². The van der Waals surface area contributed by atoms with Crippen molar-refractivity contribution in [2.24, 2.45) is 0 Å². The van der Waals surface area contributed by atoms with Crippen molar-refractivity contribution in [3.05, 3.63) is 23.8 Å². The minimum atomic E-state index is 0.245. The normalized spacial score (nSPS) is 23.6. The molecule has 3 aliphatic heterocycles. The highest BCUT2D eigenvalue weighted by atomic mass is 16.5. The Hall–Kier alpha value is -1.63. The molecule has 3 fully saturated rings. The zero-order valence-electron chi connectivity index (χ0n) is 20.4. The highest BCUT2D eigenvalue weighted by Gasteiger charge is 2.24. The van der Waals surface area contributed by atoms with Gasteiger partial charge in [-0.15, -0.1) is 0 Å². The van der Waals surface area contributed by atoms with E-state index in [0.717, 1.165) is 76.7 Å². The Balaban J connectivity index is 1.39. The van der Waals surface area contributed by atoms with E-state index in [1.165, 1.54) is 24.9 Å². The average Bonchev–Trinajstić information content (AvgIpc) is 3.40. The van der Waals surface area contributed by atoms with Crippen molar-refractivity contribution in [3.63, 3.8) is 0 Å². The molecule has 6 heteroatoms. The van der Waals surface area contributed by atoms with Crippen LogP contribution in [0.4, 0.5) is 5.69 Å². The number of anilines is 1. The zero-order valence-corrected chi connectivity index (χ0v) is 20.4. The second kappa shape index (κ2) is 11.0. The van der Waals surface area contributed by atoms with Crippen LogP contribution in [0.15, 0.2) is 18.2 Å². The summed E-state index contributed by atoms with van der Waals surface area (Å²) in [7, 11) is 0. The van der Waals surface area contributed by atoms with E-state index in [4.69, 9.17) is 4.74 Å². The first-order chi connectivity index (χ1) is 15.5. The van der Waals surface area contributed by atoms with Gasteiger partial charge in [-0.3, -0.25) is 14.6 Å². The van der Waals surface area contributed by atoms with E-state index < -0.39 is 0 Å². The van der Waals surface area contributed by atoms with E-state index in [2.05, 4.69) is 53.7 Å². The van der Waals surface area contributed by atoms with Crippen LogP contribution in [0, 0.1) is 0 Å². The molecule has 0 aliphatic carbocycles. The Labute approximate surface area is 194 Å². The number of carbonyl (C=O) groups is 1. The monoisotopic (exact) mass is 442 g/mol. The van der Waals surface area contributed by atoms with Gasteiger partial charge in [-0.25, -0.2) is 0 Å². The highest BCUT2D eigenvalue weighted by Crippen LogP contribution is 2.29. The molecule has 0 bridgehead atoms. The molecule has 3 heterocycles. The maximum Gasteiger partial charge on any atom is 0.227 e. The third kappa shape index (κ3) is 5.83. The van der Waals surface area contributed by atoms with Crippen molar-refractivity contribution in [3.8, 4) is 5.75 Å². The van der Waals surface area contributed by atoms with Gasteiger partial charge in [-0.05, 0) is 71.2 Å². The van der Waals surface area contributed by atoms with Crippen LogP contribution in [0.2, 0.25) is 0 Å². The minimum Gasteiger partial charge on any atom is -0.493 e. The van der Waals surface area contributed by atoms with Gasteiger partial charge < -0.3 is 14.5 Å². The summed E-state index contributed by atoms with van der Waals surface area (Å²) in [6.45, 7) is 16.1. The molecule has 0 aromatic heterocycles. The van der Waals surface area contributed by atoms with E-state index in [9.17, 15) is 4.79 Å². The molecule has 3 aliphatic rings. The quantitative estimate of drug-likeness (QED) is 0.547. The lowest BCUT2D eigenvalue weighted by atomic mass is 10.1. The predicted molar refractivity (Wildman–Crippen MR) is 130 cm³/mol. The summed E-state index contributed by atoms with van der Waals surface area (Å²) >= 11 is 0. The van der Waals surface area contributed by atoms with Crippen LogP contribution in [-0.2, 0) is 11.3 Å². The lowest BCUT2D eigenvalue weighted by molar-refractivity contribution is -0.117. The summed E-state index contributed by atoms with van der Waals surface area (Å²) in [5.74, 6) is 1.23. The molecule has 0 spiro atoms. The van der Waals surface area contributed by atoms with Gasteiger partial charge in [-0.1, -0.05) is 0 Å². The van der Waals surface area contributed by atoms with Crippen LogP contribution in [0.5, 0.6) is 5.75 Å². The Morgan fingerprint density at radius 1 is 1.06 bits per heavy atom. The van der Waals surface area contributed by atoms with Gasteiger partial charge >= 0.3 is 0 Å². The number of amides is 1. The van der Waals surface area contributed by atoms with Crippen LogP contribution in [0.3, 0.4) is 0 Å². The first-order valence-electron chi connectivity index (χ1n) is 12.8. The minimum absolute atomic E-state index is 0.245. The number of benzene rings is 1. The Bertz CT molecular complexity index is 760. The number of rotatable bonds is 9. The molecule has 32 heavy (non-hydrogen) atoms. The van der Waals surface area contributed by atoms with Gasteiger partial charge in [-0.2, -0.15) is 0 Å². The Morgan fingerprint density at radius 3 is 2.53 bits per heavy atom. The summed E-state index contributed by atoms with van der Waals surface area (Å²) in [4.78, 5) is 21.9. The summed E-state index contributed by atoms with van der Waals surface area (Å²) in [5.41, 5.74) is 2.25. The fourth-order valence-electron chi connectivity index (χ4n) is 5.37. The number of carbonyl (C=O) groups excluding carboxylic acids is 1. The molecule has 1 atom stereocenters. The van der Waals surface area contributed by atoms with E-state index in [0.29, 0.717) is 18.5 Å². The standard InChI is InChI=1S/C26H42N4O2/c1-21(2)28-16-14-27(15-17-28)20-23-19-24(30-13-5-8-26(30)31)9-10-25(23)32-18-6-12-29-11-4-7-22(29)3/h9-10,19,21-22H,4-8,11-18,20H2,1-3H3. The molecule has 1 aromatic rings. The Kier molecular flexibility index (Phi) is 8.08. The fourth-order valence-corrected chi connectivity index (χ4v) is 5.37. The summed E-state index contributed by atoms with van der Waals surface area (Å²) in [6.07, 6.45) is 5.33. The number of hydrogen-bond acceptors (Lipinski definition) is 5. The van der Waals surface area contributed by atoms with Crippen molar-refractivity contribution in [2.75, 3.05) is 57.3 Å². The molecule has 6 nitrogen and oxygen atoms in total. The van der Waals surface area contributed by atoms with Crippen molar-refractivity contribution in [1.82, 2.24) is 14.7 Å². The van der Waals surface area contributed by atoms with Gasteiger partial charge in [0.1, 0.15) is 5.75 Å². The zero-order chi connectivity index (χ0) is 22.5. The number of ether oxygens (including phenoxy) is 1. The van der Waals surface area contributed by atoms with E-state index >= 15 is 0 Å². The van der Waals surface area contributed by atoms with Gasteiger partial charge in [0.2, 0.25) is 5.91 Å². The maximum atomic E-state index is 12.3. The van der Waals surface area contributed by atoms with E-state index in [1.807, 2.05) is 4.90 Å². The summed E-state index contributed by atoms with van der Waals surface area (Å²) in [6, 6.07) is 7.70. The number of hydrogen-bond donors (Lipinski definition) is 0. The number of piperazine rings is 1. The molecule has 4 rings (SSSR count). The predicted octanol–water partition coefficient (Wildman–Crippen LogP) is 3.59. The topological polar surface area (TPSA) is 39.3 Å². The molecule has 3 saturated heterocycles. The SMILES string of the molecule is CC(C)N1CCN(Cc2cc(N3CCCC3=O)ccc2OCCCN2CCCC2C)CC1. The second-order valence-corrected chi connectivity index (χ2v) is 10.1. The molecule has 178 valence electrons. The lowest BCUT2D eigenvalue weighted by Crippen LogP contribution is -2.48. The van der Waals surface area contributed by atoms with E-state index in [-0.39, 0.29) is 5.91 Å². The van der Waals surface area contributed by atoms with Gasteiger partial charge in [0, 0.05) is 75.6 Å². The van der Waals surface area contributed by atoms with Crippen molar-refractivity contribution in [1.29, 1.82) is 0 Å². The van der Waals surface area contributed by atoms with Gasteiger partial charge in [0.15, 0.2) is 0 Å². The highest BCUT2D eigenvalue weighted by molar-refractivity contribution is 5.95. The molecular weight excluding hydrogens is 400 g/mol. The van der Waals surface area contributed by atoms with Crippen molar-refractivity contribution >= 4 is 11.6 Å². The molecule has 1 unspecified atom stereocenters. The molecule has 1 amide bonds. The second-order valence-electron chi connectivity index (χ2n) is 10.1. The number of likely N-dealkylation sites (tertiary alicyclic amines) is 1. The number of nitrogens with zero attached hydrogens (tertiary/aromatic N) is 4. The van der Waals surface area contributed by atoms with E-state index in [1.54, 1.807) is 0 Å². The van der Waals surface area contributed by atoms with Crippen LogP contribution in [0.1, 0.15) is 58.4 Å². The van der Waals surface area contributed by atoms with Crippen LogP contribution >= 0.6 is 0 Å². The molecule has 0 radical (unpaired) electrons. The van der Waals surface area contributed by atoms with Crippen LogP contribution in [-0.4, -0.2) is 85.1 Å². The largest absolute Gasteiger partial charge is 0.493 e. The third-order valence-electron chi connectivity index (χ3n) is 7.50. The smallest absolute Gasteiger partial charge is 0.227 e. The molecular formula is C26H42N4O2. The Morgan fingerprint density at radius 2 is 1.88 bits per heavy atom. The first-order valence-corrected chi connectivity index (χ1v) is 12.8. The summed E-state index contributed by atoms with van der Waals surface area (Å²) in [5, 5.41) is 0. The van der Waals surface area contributed by atoms with Crippen LogP contribution < -0.4 is 9.64 Å². The average molecular weight is 443 g/mol. The van der Waals surface area contributed by atoms with Gasteiger partial charge in [0.05, 0.1) is 6.61 Å².